The summed E-state index contributed by atoms with van der Waals surface area (Å²) >= 11 is 0. The van der Waals surface area contributed by atoms with Gasteiger partial charge in [0.25, 0.3) is 0 Å². The maximum atomic E-state index is 12.9. The van der Waals surface area contributed by atoms with Gasteiger partial charge in [0.1, 0.15) is 5.82 Å². The van der Waals surface area contributed by atoms with Crippen LogP contribution in [0.25, 0.3) is 0 Å². The minimum atomic E-state index is -3.71. The number of nitrogen functional groups attached to an aromatic ring is 1. The Balaban J connectivity index is 2.56. The number of anilines is 1. The van der Waals surface area contributed by atoms with E-state index in [0.717, 1.165) is 18.2 Å². The van der Waals surface area contributed by atoms with Gasteiger partial charge in [0, 0.05) is 13.0 Å². The Morgan fingerprint density at radius 2 is 2.00 bits per heavy atom. The van der Waals surface area contributed by atoms with E-state index in [1.807, 2.05) is 0 Å². The van der Waals surface area contributed by atoms with Gasteiger partial charge in [-0.25, -0.2) is 17.5 Å². The molecule has 0 fully saturated rings. The second kappa shape index (κ2) is 6.48. The van der Waals surface area contributed by atoms with E-state index in [1.165, 1.54) is 0 Å². The topological polar surface area (TPSA) is 115 Å². The van der Waals surface area contributed by atoms with Crippen LogP contribution in [0, 0.1) is 5.82 Å². The Kier molecular flexibility index (Phi) is 5.25. The zero-order chi connectivity index (χ0) is 14.5. The molecule has 19 heavy (non-hydrogen) atoms. The lowest BCUT2D eigenvalue weighted by Gasteiger charge is -2.07. The van der Waals surface area contributed by atoms with Gasteiger partial charge in [-0.3, -0.25) is 4.79 Å². The molecule has 1 aromatic carbocycles. The number of nitrogens with one attached hydrogen (secondary N) is 1. The van der Waals surface area contributed by atoms with E-state index in [-0.39, 0.29) is 23.5 Å². The van der Waals surface area contributed by atoms with Crippen LogP contribution in [0.3, 0.4) is 0 Å². The van der Waals surface area contributed by atoms with Crippen LogP contribution in [-0.4, -0.2) is 20.9 Å². The van der Waals surface area contributed by atoms with Gasteiger partial charge in [0.15, 0.2) is 0 Å². The standard InChI is InChI=1S/C11H16FN3O3S/c12-9-5-4-8(7-10(9)13)19(17,18)15-6-2-1-3-11(14)16/h4-5,7,15H,1-3,6,13H2,(H2,14,16). The highest BCUT2D eigenvalue weighted by molar-refractivity contribution is 7.89. The molecule has 8 heteroatoms. The number of unbranched alkanes of at least 4 members (excludes halogenated alkanes) is 1. The summed E-state index contributed by atoms with van der Waals surface area (Å²) in [5.74, 6) is -1.09. The van der Waals surface area contributed by atoms with Crippen molar-refractivity contribution in [2.45, 2.75) is 24.2 Å². The fourth-order valence-corrected chi connectivity index (χ4v) is 2.51. The number of carbonyl (C=O) groups is 1. The predicted molar refractivity (Wildman–Crippen MR) is 69.0 cm³/mol. The lowest BCUT2D eigenvalue weighted by molar-refractivity contribution is -0.118. The third-order valence-corrected chi connectivity index (χ3v) is 3.88. The maximum absolute atomic E-state index is 12.9. The first-order valence-corrected chi connectivity index (χ1v) is 7.14. The van der Waals surface area contributed by atoms with E-state index in [4.69, 9.17) is 11.5 Å². The first-order chi connectivity index (χ1) is 8.83. The smallest absolute Gasteiger partial charge is 0.240 e. The number of primary amides is 1. The van der Waals surface area contributed by atoms with Crippen LogP contribution in [0.15, 0.2) is 23.1 Å². The Hall–Kier alpha value is -1.67. The van der Waals surface area contributed by atoms with Gasteiger partial charge in [-0.05, 0) is 31.0 Å². The molecule has 0 atom stereocenters. The minimum Gasteiger partial charge on any atom is -0.396 e. The van der Waals surface area contributed by atoms with Gasteiger partial charge < -0.3 is 11.5 Å². The third-order valence-electron chi connectivity index (χ3n) is 2.42. The van der Waals surface area contributed by atoms with Crippen molar-refractivity contribution in [3.8, 4) is 0 Å². The van der Waals surface area contributed by atoms with Crippen molar-refractivity contribution >= 4 is 21.6 Å². The molecule has 0 aliphatic heterocycles. The Morgan fingerprint density at radius 1 is 1.32 bits per heavy atom. The minimum absolute atomic E-state index is 0.0960. The number of nitrogens with two attached hydrogens (primary N) is 2. The zero-order valence-corrected chi connectivity index (χ0v) is 11.0. The molecular formula is C11H16FN3O3S. The van der Waals surface area contributed by atoms with Crippen LogP contribution >= 0.6 is 0 Å². The molecule has 6 nitrogen and oxygen atoms in total. The highest BCUT2D eigenvalue weighted by atomic mass is 32.2. The second-order valence-electron chi connectivity index (χ2n) is 4.00. The van der Waals surface area contributed by atoms with Gasteiger partial charge in [0.05, 0.1) is 10.6 Å². The quantitative estimate of drug-likeness (QED) is 0.496. The summed E-state index contributed by atoms with van der Waals surface area (Å²) in [6.45, 7) is 0.174. The zero-order valence-electron chi connectivity index (χ0n) is 10.2. The van der Waals surface area contributed by atoms with Crippen LogP contribution in [-0.2, 0) is 14.8 Å². The lowest BCUT2D eigenvalue weighted by Crippen LogP contribution is -2.25. The molecule has 0 aliphatic carbocycles. The molecule has 0 saturated heterocycles. The van der Waals surface area contributed by atoms with Crippen molar-refractivity contribution in [2.24, 2.45) is 5.73 Å². The third kappa shape index (κ3) is 4.84. The molecule has 0 aliphatic rings. The van der Waals surface area contributed by atoms with E-state index in [9.17, 15) is 17.6 Å². The van der Waals surface area contributed by atoms with Gasteiger partial charge in [-0.2, -0.15) is 0 Å². The number of benzene rings is 1. The summed E-state index contributed by atoms with van der Waals surface area (Å²) in [6, 6.07) is 3.19. The summed E-state index contributed by atoms with van der Waals surface area (Å²) in [5, 5.41) is 0. The van der Waals surface area contributed by atoms with Gasteiger partial charge in [-0.15, -0.1) is 0 Å². The fraction of sp³-hybridized carbons (Fsp3) is 0.364. The number of rotatable bonds is 7. The van der Waals surface area contributed by atoms with Crippen molar-refractivity contribution < 1.29 is 17.6 Å². The van der Waals surface area contributed by atoms with Crippen molar-refractivity contribution in [3.05, 3.63) is 24.0 Å². The lowest BCUT2D eigenvalue weighted by atomic mass is 10.2. The first-order valence-electron chi connectivity index (χ1n) is 5.66. The number of halogens is 1. The number of carbonyl (C=O) groups excluding carboxylic acids is 1. The van der Waals surface area contributed by atoms with Crippen LogP contribution in [0.4, 0.5) is 10.1 Å². The van der Waals surface area contributed by atoms with Crippen molar-refractivity contribution in [3.63, 3.8) is 0 Å². The molecule has 0 radical (unpaired) electrons. The highest BCUT2D eigenvalue weighted by Crippen LogP contribution is 2.16. The Bertz CT molecular complexity index is 560. The molecule has 0 heterocycles. The number of sulfonamides is 1. The highest BCUT2D eigenvalue weighted by Gasteiger charge is 2.14. The molecule has 1 amide bonds. The summed E-state index contributed by atoms with van der Waals surface area (Å²) in [4.78, 5) is 10.4. The van der Waals surface area contributed by atoms with Crippen LogP contribution in [0.5, 0.6) is 0 Å². The average molecular weight is 289 g/mol. The second-order valence-corrected chi connectivity index (χ2v) is 5.77. The van der Waals surface area contributed by atoms with E-state index in [0.29, 0.717) is 12.8 Å². The fourth-order valence-electron chi connectivity index (χ4n) is 1.40. The van der Waals surface area contributed by atoms with Crippen molar-refractivity contribution in [2.75, 3.05) is 12.3 Å². The monoisotopic (exact) mass is 289 g/mol. The normalized spacial score (nSPS) is 11.4. The predicted octanol–water partition coefficient (Wildman–Crippen LogP) is 0.342. The molecule has 0 saturated carbocycles. The van der Waals surface area contributed by atoms with Gasteiger partial charge in [0.2, 0.25) is 15.9 Å². The van der Waals surface area contributed by atoms with E-state index in [2.05, 4.69) is 4.72 Å². The average Bonchev–Trinajstić information content (AvgIpc) is 2.31. The molecule has 1 aromatic rings. The molecule has 5 N–H and O–H groups in total. The number of hydrogen-bond acceptors (Lipinski definition) is 4. The van der Waals surface area contributed by atoms with E-state index in [1.54, 1.807) is 0 Å². The summed E-state index contributed by atoms with van der Waals surface area (Å²) < 4.78 is 38.9. The number of amides is 1. The van der Waals surface area contributed by atoms with Crippen LogP contribution in [0.2, 0.25) is 0 Å². The summed E-state index contributed by atoms with van der Waals surface area (Å²) in [6.07, 6.45) is 1.20. The van der Waals surface area contributed by atoms with E-state index < -0.39 is 21.7 Å². The van der Waals surface area contributed by atoms with Crippen LogP contribution in [0.1, 0.15) is 19.3 Å². The Labute approximate surface area is 111 Å². The molecule has 0 unspecified atom stereocenters. The SMILES string of the molecule is NC(=O)CCCCNS(=O)(=O)c1ccc(F)c(N)c1. The summed E-state index contributed by atoms with van der Waals surface area (Å²) in [5.41, 5.74) is 10.0. The van der Waals surface area contributed by atoms with Crippen molar-refractivity contribution in [1.29, 1.82) is 0 Å². The van der Waals surface area contributed by atoms with Gasteiger partial charge >= 0.3 is 0 Å². The number of hydrogen-bond donors (Lipinski definition) is 3. The van der Waals surface area contributed by atoms with E-state index >= 15 is 0 Å². The molecule has 0 spiro atoms. The molecule has 1 rings (SSSR count). The van der Waals surface area contributed by atoms with Crippen LogP contribution < -0.4 is 16.2 Å². The maximum Gasteiger partial charge on any atom is 0.240 e. The molecular weight excluding hydrogens is 273 g/mol. The van der Waals surface area contributed by atoms with Crippen molar-refractivity contribution in [1.82, 2.24) is 4.72 Å². The first kappa shape index (κ1) is 15.4. The summed E-state index contributed by atoms with van der Waals surface area (Å²) in [7, 11) is -3.71. The van der Waals surface area contributed by atoms with Gasteiger partial charge in [-0.1, -0.05) is 0 Å². The molecule has 0 bridgehead atoms. The largest absolute Gasteiger partial charge is 0.396 e. The Morgan fingerprint density at radius 3 is 2.58 bits per heavy atom. The molecule has 0 aromatic heterocycles. The molecule has 106 valence electrons.